The molecule has 0 aliphatic rings. The minimum atomic E-state index is -3.33. The predicted molar refractivity (Wildman–Crippen MR) is 72.8 cm³/mol. The number of carbonyl (C=O) groups excluding carboxylic acids is 1. The van der Waals surface area contributed by atoms with Gasteiger partial charge in [-0.05, 0) is 18.2 Å². The standard InChI is InChI=1S/C13H19NO4S/c1-13(2,9-15)8-14-12(16)10-5-4-6-11(7-10)19(3,17)18/h4-7,15H,8-9H2,1-3H3,(H,14,16). The summed E-state index contributed by atoms with van der Waals surface area (Å²) in [5.41, 5.74) is -0.124. The normalized spacial score (nSPS) is 12.2. The molecule has 0 aromatic heterocycles. The highest BCUT2D eigenvalue weighted by Crippen LogP contribution is 2.13. The first kappa shape index (κ1) is 15.7. The lowest BCUT2D eigenvalue weighted by atomic mass is 9.95. The zero-order chi connectivity index (χ0) is 14.7. The lowest BCUT2D eigenvalue weighted by molar-refractivity contribution is 0.0911. The fourth-order valence-electron chi connectivity index (χ4n) is 1.35. The van der Waals surface area contributed by atoms with Crippen LogP contribution in [0.5, 0.6) is 0 Å². The first-order valence-electron chi connectivity index (χ1n) is 5.85. The third kappa shape index (κ3) is 4.65. The van der Waals surface area contributed by atoms with E-state index in [2.05, 4.69) is 5.32 Å². The fraction of sp³-hybridized carbons (Fsp3) is 0.462. The van der Waals surface area contributed by atoms with Gasteiger partial charge >= 0.3 is 0 Å². The van der Waals surface area contributed by atoms with Crippen LogP contribution in [-0.2, 0) is 9.84 Å². The highest BCUT2D eigenvalue weighted by Gasteiger charge is 2.18. The van der Waals surface area contributed by atoms with Crippen LogP contribution in [0.2, 0.25) is 0 Å². The minimum Gasteiger partial charge on any atom is -0.396 e. The molecule has 5 nitrogen and oxygen atoms in total. The van der Waals surface area contributed by atoms with Crippen LogP contribution < -0.4 is 5.32 Å². The van der Waals surface area contributed by atoms with Gasteiger partial charge in [-0.3, -0.25) is 4.79 Å². The molecule has 0 radical (unpaired) electrons. The number of sulfone groups is 1. The van der Waals surface area contributed by atoms with E-state index in [1.165, 1.54) is 18.2 Å². The summed E-state index contributed by atoms with van der Waals surface area (Å²) in [6.45, 7) is 3.91. The van der Waals surface area contributed by atoms with Gasteiger partial charge in [0.05, 0.1) is 4.90 Å². The molecule has 0 aliphatic carbocycles. The van der Waals surface area contributed by atoms with Crippen molar-refractivity contribution in [3.63, 3.8) is 0 Å². The van der Waals surface area contributed by atoms with Crippen molar-refractivity contribution in [2.24, 2.45) is 5.41 Å². The molecule has 0 saturated heterocycles. The number of benzene rings is 1. The van der Waals surface area contributed by atoms with Gasteiger partial charge in [0.2, 0.25) is 0 Å². The first-order chi connectivity index (χ1) is 8.65. The van der Waals surface area contributed by atoms with Gasteiger partial charge in [0.25, 0.3) is 5.91 Å². The maximum absolute atomic E-state index is 11.9. The molecule has 6 heteroatoms. The van der Waals surface area contributed by atoms with E-state index in [0.29, 0.717) is 6.54 Å². The molecule has 0 saturated carbocycles. The van der Waals surface area contributed by atoms with E-state index in [9.17, 15) is 13.2 Å². The van der Waals surface area contributed by atoms with E-state index < -0.39 is 15.3 Å². The van der Waals surface area contributed by atoms with Crippen molar-refractivity contribution in [2.45, 2.75) is 18.7 Å². The van der Waals surface area contributed by atoms with Gasteiger partial charge < -0.3 is 10.4 Å². The average Bonchev–Trinajstić information content (AvgIpc) is 2.35. The van der Waals surface area contributed by atoms with E-state index in [-0.39, 0.29) is 23.0 Å². The monoisotopic (exact) mass is 285 g/mol. The molecule has 0 heterocycles. The molecule has 0 spiro atoms. The van der Waals surface area contributed by atoms with E-state index in [1.54, 1.807) is 6.07 Å². The second-order valence-corrected chi connectivity index (χ2v) is 7.32. The topological polar surface area (TPSA) is 83.5 Å². The van der Waals surface area contributed by atoms with E-state index in [1.807, 2.05) is 13.8 Å². The summed E-state index contributed by atoms with van der Waals surface area (Å²) in [5, 5.41) is 11.8. The molecule has 0 unspecified atom stereocenters. The number of carbonyl (C=O) groups is 1. The summed E-state index contributed by atoms with van der Waals surface area (Å²) >= 11 is 0. The van der Waals surface area contributed by atoms with Crippen LogP contribution >= 0.6 is 0 Å². The smallest absolute Gasteiger partial charge is 0.251 e. The van der Waals surface area contributed by atoms with Crippen molar-refractivity contribution in [1.29, 1.82) is 0 Å². The predicted octanol–water partition coefficient (Wildman–Crippen LogP) is 0.838. The van der Waals surface area contributed by atoms with Crippen molar-refractivity contribution in [3.05, 3.63) is 29.8 Å². The Morgan fingerprint density at radius 1 is 1.37 bits per heavy atom. The molecule has 0 atom stereocenters. The number of hydrogen-bond acceptors (Lipinski definition) is 4. The summed E-state index contributed by atoms with van der Waals surface area (Å²) in [4.78, 5) is 12.0. The quantitative estimate of drug-likeness (QED) is 0.839. The SMILES string of the molecule is CC(C)(CO)CNC(=O)c1cccc(S(C)(=O)=O)c1. The molecule has 106 valence electrons. The highest BCUT2D eigenvalue weighted by atomic mass is 32.2. The molecule has 2 N–H and O–H groups in total. The molecule has 1 rings (SSSR count). The summed E-state index contributed by atoms with van der Waals surface area (Å²) in [5.74, 6) is -0.355. The van der Waals surface area contributed by atoms with Crippen LogP contribution in [0.1, 0.15) is 24.2 Å². The Hall–Kier alpha value is -1.40. The maximum atomic E-state index is 11.9. The zero-order valence-corrected chi connectivity index (χ0v) is 12.1. The molecule has 19 heavy (non-hydrogen) atoms. The highest BCUT2D eigenvalue weighted by molar-refractivity contribution is 7.90. The summed E-state index contributed by atoms with van der Waals surface area (Å²) in [7, 11) is -3.33. The average molecular weight is 285 g/mol. The van der Waals surface area contributed by atoms with Crippen molar-refractivity contribution in [2.75, 3.05) is 19.4 Å². The molecule has 0 fully saturated rings. The second kappa shape index (κ2) is 5.71. The number of hydrogen-bond donors (Lipinski definition) is 2. The number of aliphatic hydroxyl groups excluding tert-OH is 1. The maximum Gasteiger partial charge on any atom is 0.251 e. The van der Waals surface area contributed by atoms with E-state index in [0.717, 1.165) is 6.26 Å². The van der Waals surface area contributed by atoms with Crippen molar-refractivity contribution >= 4 is 15.7 Å². The van der Waals surface area contributed by atoms with Gasteiger partial charge in [-0.15, -0.1) is 0 Å². The Bertz CT molecular complexity index is 564. The van der Waals surface area contributed by atoms with Crippen molar-refractivity contribution < 1.29 is 18.3 Å². The minimum absolute atomic E-state index is 0.0450. The van der Waals surface area contributed by atoms with Crippen LogP contribution in [0, 0.1) is 5.41 Å². The van der Waals surface area contributed by atoms with Crippen LogP contribution in [0.15, 0.2) is 29.2 Å². The number of rotatable bonds is 5. The van der Waals surface area contributed by atoms with Gasteiger partial charge in [0.1, 0.15) is 0 Å². The largest absolute Gasteiger partial charge is 0.396 e. The van der Waals surface area contributed by atoms with Gasteiger partial charge in [-0.2, -0.15) is 0 Å². The Balaban J connectivity index is 2.84. The second-order valence-electron chi connectivity index (χ2n) is 5.31. The molecule has 0 bridgehead atoms. The summed E-state index contributed by atoms with van der Waals surface area (Å²) in [6.07, 6.45) is 1.10. The van der Waals surface area contributed by atoms with Crippen LogP contribution in [0.25, 0.3) is 0 Å². The number of amides is 1. The fourth-order valence-corrected chi connectivity index (χ4v) is 2.01. The number of aliphatic hydroxyl groups is 1. The van der Waals surface area contributed by atoms with E-state index in [4.69, 9.17) is 5.11 Å². The number of nitrogens with one attached hydrogen (secondary N) is 1. The van der Waals surface area contributed by atoms with Crippen LogP contribution in [0.3, 0.4) is 0 Å². The molecule has 0 aliphatic heterocycles. The van der Waals surface area contributed by atoms with E-state index >= 15 is 0 Å². The van der Waals surface area contributed by atoms with Crippen molar-refractivity contribution in [1.82, 2.24) is 5.32 Å². The van der Waals surface area contributed by atoms with Crippen molar-refractivity contribution in [3.8, 4) is 0 Å². The molecular weight excluding hydrogens is 266 g/mol. The Morgan fingerprint density at radius 2 is 2.00 bits per heavy atom. The first-order valence-corrected chi connectivity index (χ1v) is 7.74. The van der Waals surface area contributed by atoms with Gasteiger partial charge in [0, 0.05) is 30.4 Å². The van der Waals surface area contributed by atoms with Gasteiger partial charge in [0.15, 0.2) is 9.84 Å². The molecular formula is C13H19NO4S. The summed E-state index contributed by atoms with van der Waals surface area (Å²) < 4.78 is 22.8. The summed E-state index contributed by atoms with van der Waals surface area (Å²) in [6, 6.07) is 5.87. The van der Waals surface area contributed by atoms with Crippen LogP contribution in [0.4, 0.5) is 0 Å². The van der Waals surface area contributed by atoms with Gasteiger partial charge in [-0.25, -0.2) is 8.42 Å². The van der Waals surface area contributed by atoms with Gasteiger partial charge in [-0.1, -0.05) is 19.9 Å². The lowest BCUT2D eigenvalue weighted by Crippen LogP contribution is -2.36. The molecule has 1 aromatic rings. The third-order valence-corrected chi connectivity index (χ3v) is 3.79. The zero-order valence-electron chi connectivity index (χ0n) is 11.3. The van der Waals surface area contributed by atoms with Crippen LogP contribution in [-0.4, -0.2) is 38.8 Å². The molecule has 1 aromatic carbocycles. The Kier molecular flexibility index (Phi) is 4.70. The third-order valence-electron chi connectivity index (χ3n) is 2.68. The Morgan fingerprint density at radius 3 is 2.53 bits per heavy atom. The molecule has 1 amide bonds. The Labute approximate surface area is 113 Å². The lowest BCUT2D eigenvalue weighted by Gasteiger charge is -2.21.